The van der Waals surface area contributed by atoms with Crippen molar-refractivity contribution in [2.24, 2.45) is 11.7 Å². The SMILES string of the molecule is Cl.NC1CC1C1(NC(=O)c2cccs2)CCC(F)(F)CC1. The average Bonchev–Trinajstić information content (AvgIpc) is 2.94. The van der Waals surface area contributed by atoms with Gasteiger partial charge in [0, 0.05) is 24.4 Å². The van der Waals surface area contributed by atoms with Crippen LogP contribution in [0, 0.1) is 5.92 Å². The van der Waals surface area contributed by atoms with Crippen LogP contribution >= 0.6 is 23.7 Å². The van der Waals surface area contributed by atoms with Crippen molar-refractivity contribution in [1.82, 2.24) is 5.32 Å². The number of hydrogen-bond donors (Lipinski definition) is 2. The molecule has 2 aliphatic carbocycles. The Bertz CT molecular complexity index is 499. The Morgan fingerprint density at radius 3 is 2.43 bits per heavy atom. The summed E-state index contributed by atoms with van der Waals surface area (Å²) >= 11 is 1.36. The van der Waals surface area contributed by atoms with Gasteiger partial charge in [-0.25, -0.2) is 8.78 Å². The Balaban J connectivity index is 0.00000161. The first kappa shape index (κ1) is 16.6. The van der Waals surface area contributed by atoms with Crippen LogP contribution in [0.15, 0.2) is 17.5 Å². The third kappa shape index (κ3) is 3.38. The molecule has 0 bridgehead atoms. The largest absolute Gasteiger partial charge is 0.346 e. The Morgan fingerprint density at radius 1 is 1.33 bits per heavy atom. The van der Waals surface area contributed by atoms with Crippen molar-refractivity contribution in [3.05, 3.63) is 22.4 Å². The van der Waals surface area contributed by atoms with Gasteiger partial charge in [-0.2, -0.15) is 0 Å². The number of halogens is 3. The van der Waals surface area contributed by atoms with Crippen LogP contribution in [0.2, 0.25) is 0 Å². The van der Waals surface area contributed by atoms with Gasteiger partial charge in [-0.1, -0.05) is 6.07 Å². The molecule has 0 saturated heterocycles. The quantitative estimate of drug-likeness (QED) is 0.890. The number of alkyl halides is 2. The molecule has 0 spiro atoms. The van der Waals surface area contributed by atoms with Gasteiger partial charge in [-0.15, -0.1) is 23.7 Å². The number of carbonyl (C=O) groups is 1. The molecule has 118 valence electrons. The third-order valence-electron chi connectivity index (χ3n) is 4.53. The monoisotopic (exact) mass is 336 g/mol. The molecule has 2 saturated carbocycles. The summed E-state index contributed by atoms with van der Waals surface area (Å²) in [4.78, 5) is 12.9. The van der Waals surface area contributed by atoms with E-state index in [1.165, 1.54) is 11.3 Å². The first-order chi connectivity index (χ1) is 9.42. The predicted molar refractivity (Wildman–Crippen MR) is 81.3 cm³/mol. The topological polar surface area (TPSA) is 55.1 Å². The minimum absolute atomic E-state index is 0. The fourth-order valence-corrected chi connectivity index (χ4v) is 3.81. The van der Waals surface area contributed by atoms with E-state index in [0.29, 0.717) is 17.7 Å². The number of rotatable bonds is 3. The van der Waals surface area contributed by atoms with Crippen molar-refractivity contribution >= 4 is 29.7 Å². The minimum Gasteiger partial charge on any atom is -0.346 e. The Labute approximate surface area is 132 Å². The fraction of sp³-hybridized carbons (Fsp3) is 0.643. The van der Waals surface area contributed by atoms with Gasteiger partial charge in [0.2, 0.25) is 5.92 Å². The van der Waals surface area contributed by atoms with E-state index < -0.39 is 11.5 Å². The van der Waals surface area contributed by atoms with Gasteiger partial charge in [0.1, 0.15) is 0 Å². The first-order valence-corrected chi connectivity index (χ1v) is 7.79. The van der Waals surface area contributed by atoms with Crippen molar-refractivity contribution in [2.75, 3.05) is 0 Å². The van der Waals surface area contributed by atoms with Crippen molar-refractivity contribution in [2.45, 2.75) is 49.6 Å². The molecule has 1 heterocycles. The second-order valence-corrected chi connectivity index (χ2v) is 6.90. The van der Waals surface area contributed by atoms with Gasteiger partial charge in [0.25, 0.3) is 5.91 Å². The maximum Gasteiger partial charge on any atom is 0.261 e. The fourth-order valence-electron chi connectivity index (χ4n) is 3.20. The number of nitrogens with one attached hydrogen (secondary N) is 1. The zero-order valence-corrected chi connectivity index (χ0v) is 13.1. The van der Waals surface area contributed by atoms with E-state index in [1.807, 2.05) is 11.4 Å². The first-order valence-electron chi connectivity index (χ1n) is 6.91. The lowest BCUT2D eigenvalue weighted by atomic mass is 9.76. The highest BCUT2D eigenvalue weighted by Crippen LogP contribution is 2.49. The number of nitrogens with two attached hydrogens (primary N) is 1. The summed E-state index contributed by atoms with van der Waals surface area (Å²) in [6.07, 6.45) is 1.11. The smallest absolute Gasteiger partial charge is 0.261 e. The highest BCUT2D eigenvalue weighted by Gasteiger charge is 2.55. The predicted octanol–water partition coefficient (Wildman–Crippen LogP) is 3.20. The van der Waals surface area contributed by atoms with E-state index in [2.05, 4.69) is 5.32 Å². The highest BCUT2D eigenvalue weighted by atomic mass is 35.5. The molecule has 1 aromatic heterocycles. The number of thiophene rings is 1. The van der Waals surface area contributed by atoms with Crippen LogP contribution in [0.25, 0.3) is 0 Å². The highest BCUT2D eigenvalue weighted by molar-refractivity contribution is 7.12. The molecule has 2 aliphatic rings. The lowest BCUT2D eigenvalue weighted by Gasteiger charge is -2.41. The minimum atomic E-state index is -2.60. The number of amides is 1. The Hall–Kier alpha value is -0.720. The Kier molecular flexibility index (Phi) is 4.61. The zero-order valence-electron chi connectivity index (χ0n) is 11.5. The van der Waals surface area contributed by atoms with Crippen LogP contribution in [0.3, 0.4) is 0 Å². The van der Waals surface area contributed by atoms with Gasteiger partial charge in [-0.3, -0.25) is 4.79 Å². The number of hydrogen-bond acceptors (Lipinski definition) is 3. The maximum absolute atomic E-state index is 13.4. The molecule has 0 aromatic carbocycles. The second kappa shape index (κ2) is 5.82. The van der Waals surface area contributed by atoms with Crippen LogP contribution in [0.1, 0.15) is 41.8 Å². The molecule has 0 radical (unpaired) electrons. The van der Waals surface area contributed by atoms with Crippen molar-refractivity contribution in [3.8, 4) is 0 Å². The van der Waals surface area contributed by atoms with Gasteiger partial charge in [0.05, 0.1) is 4.88 Å². The lowest BCUT2D eigenvalue weighted by molar-refractivity contribution is -0.0584. The average molecular weight is 337 g/mol. The van der Waals surface area contributed by atoms with Crippen LogP contribution in [0.4, 0.5) is 8.78 Å². The standard InChI is InChI=1S/C14H18F2N2OS.ClH/c15-14(16)5-3-13(4-6-14,9-8-10(9)17)18-12(19)11-2-1-7-20-11;/h1-2,7,9-10H,3-6,8,17H2,(H,18,19);1H. The maximum atomic E-state index is 13.4. The summed E-state index contributed by atoms with van der Waals surface area (Å²) in [5.41, 5.74) is 5.37. The molecule has 7 heteroatoms. The molecular formula is C14H19ClF2N2OS. The molecule has 3 N–H and O–H groups in total. The van der Waals surface area contributed by atoms with Crippen molar-refractivity contribution in [3.63, 3.8) is 0 Å². The van der Waals surface area contributed by atoms with Crippen molar-refractivity contribution < 1.29 is 13.6 Å². The van der Waals surface area contributed by atoms with Gasteiger partial charge in [0.15, 0.2) is 0 Å². The third-order valence-corrected chi connectivity index (χ3v) is 5.40. The van der Waals surface area contributed by atoms with Gasteiger partial charge < -0.3 is 11.1 Å². The molecular weight excluding hydrogens is 318 g/mol. The summed E-state index contributed by atoms with van der Waals surface area (Å²) in [6, 6.07) is 3.59. The molecule has 21 heavy (non-hydrogen) atoms. The summed E-state index contributed by atoms with van der Waals surface area (Å²) in [7, 11) is 0. The van der Waals surface area contributed by atoms with Crippen LogP contribution < -0.4 is 11.1 Å². The molecule has 1 aromatic rings. The molecule has 2 unspecified atom stereocenters. The summed E-state index contributed by atoms with van der Waals surface area (Å²) in [5, 5.41) is 4.86. The molecule has 0 aliphatic heterocycles. The normalized spacial score (nSPS) is 29.3. The molecule has 2 atom stereocenters. The summed E-state index contributed by atoms with van der Waals surface area (Å²) < 4.78 is 26.8. The van der Waals surface area contributed by atoms with E-state index in [0.717, 1.165) is 6.42 Å². The van der Waals surface area contributed by atoms with Crippen molar-refractivity contribution in [1.29, 1.82) is 0 Å². The second-order valence-electron chi connectivity index (χ2n) is 5.95. The summed E-state index contributed by atoms with van der Waals surface area (Å²) in [5.74, 6) is -2.62. The van der Waals surface area contributed by atoms with E-state index in [9.17, 15) is 13.6 Å². The molecule has 2 fully saturated rings. The van der Waals surface area contributed by atoms with E-state index >= 15 is 0 Å². The number of carbonyl (C=O) groups excluding carboxylic acids is 1. The van der Waals surface area contributed by atoms with E-state index in [-0.39, 0.29) is 43.1 Å². The lowest BCUT2D eigenvalue weighted by Crippen LogP contribution is -2.55. The molecule has 3 nitrogen and oxygen atoms in total. The summed E-state index contributed by atoms with van der Waals surface area (Å²) in [6.45, 7) is 0. The van der Waals surface area contributed by atoms with Crippen LogP contribution in [-0.4, -0.2) is 23.4 Å². The Morgan fingerprint density at radius 2 is 1.95 bits per heavy atom. The van der Waals surface area contributed by atoms with Gasteiger partial charge in [-0.05, 0) is 36.6 Å². The van der Waals surface area contributed by atoms with Crippen LogP contribution in [0.5, 0.6) is 0 Å². The van der Waals surface area contributed by atoms with Crippen LogP contribution in [-0.2, 0) is 0 Å². The zero-order chi connectivity index (χ0) is 14.4. The molecule has 3 rings (SSSR count). The molecule has 1 amide bonds. The van der Waals surface area contributed by atoms with E-state index in [4.69, 9.17) is 5.73 Å². The van der Waals surface area contributed by atoms with E-state index in [1.54, 1.807) is 6.07 Å². The van der Waals surface area contributed by atoms with Gasteiger partial charge >= 0.3 is 0 Å².